The van der Waals surface area contributed by atoms with Crippen molar-refractivity contribution in [2.75, 3.05) is 11.9 Å². The molecule has 3 rings (SSSR count). The Labute approximate surface area is 185 Å². The lowest BCUT2D eigenvalue weighted by Gasteiger charge is -2.25. The molecule has 1 atom stereocenters. The number of rotatable bonds is 6. The van der Waals surface area contributed by atoms with Crippen molar-refractivity contribution in [1.82, 2.24) is 25.1 Å². The van der Waals surface area contributed by atoms with E-state index in [1.54, 1.807) is 18.3 Å². The number of anilines is 1. The Balaban J connectivity index is 1.97. The van der Waals surface area contributed by atoms with Crippen molar-refractivity contribution in [3.63, 3.8) is 0 Å². The Morgan fingerprint density at radius 2 is 1.94 bits per heavy atom. The van der Waals surface area contributed by atoms with Gasteiger partial charge in [-0.25, -0.2) is 14.4 Å². The van der Waals surface area contributed by atoms with Gasteiger partial charge in [-0.1, -0.05) is 0 Å². The summed E-state index contributed by atoms with van der Waals surface area (Å²) < 4.78 is 15.6. The van der Waals surface area contributed by atoms with Crippen LogP contribution in [0.25, 0.3) is 16.9 Å². The van der Waals surface area contributed by atoms with Crippen LogP contribution >= 0.6 is 0 Å². The molecule has 0 aliphatic rings. The number of hydrogen-bond acceptors (Lipinski definition) is 7. The fourth-order valence-electron chi connectivity index (χ4n) is 2.93. The van der Waals surface area contributed by atoms with Gasteiger partial charge in [0.2, 0.25) is 0 Å². The smallest absolute Gasteiger partial charge is 0.255 e. The molecule has 0 saturated heterocycles. The predicted molar refractivity (Wildman–Crippen MR) is 118 cm³/mol. The molecule has 3 N–H and O–H groups in total. The van der Waals surface area contributed by atoms with E-state index in [4.69, 9.17) is 5.26 Å². The second kappa shape index (κ2) is 8.51. The zero-order chi connectivity index (χ0) is 23.7. The topological polar surface area (TPSA) is 129 Å². The number of hydrogen-bond donors (Lipinski definition) is 3. The van der Waals surface area contributed by atoms with Gasteiger partial charge in [0.25, 0.3) is 5.91 Å². The minimum Gasteiger partial charge on any atom is -0.387 e. The van der Waals surface area contributed by atoms with E-state index >= 15 is 0 Å². The quantitative estimate of drug-likeness (QED) is 0.539. The van der Waals surface area contributed by atoms with Crippen LogP contribution < -0.4 is 10.6 Å². The number of aromatic nitrogens is 4. The highest BCUT2D eigenvalue weighted by atomic mass is 19.1. The van der Waals surface area contributed by atoms with Gasteiger partial charge < -0.3 is 15.7 Å². The summed E-state index contributed by atoms with van der Waals surface area (Å²) in [4.78, 5) is 21.4. The van der Waals surface area contributed by atoms with Gasteiger partial charge in [0, 0.05) is 29.4 Å². The second-order valence-electron chi connectivity index (χ2n) is 9.10. The standard InChI is InChI=1S/C22H26FN7O2/c1-21(2,3)29-16-7-18(30-19-14(10-28-30)6-13(8-24)9-26-19)25-11-15(16)20(31)27-12-17(23)22(4,5)32/h6-7,9-11,17,32H,12H2,1-5H3,(H,25,29)(H,27,31). The maximum Gasteiger partial charge on any atom is 0.255 e. The maximum atomic E-state index is 14.1. The number of pyridine rings is 2. The van der Waals surface area contributed by atoms with E-state index in [1.807, 2.05) is 26.8 Å². The molecule has 0 radical (unpaired) electrons. The molecule has 0 aliphatic carbocycles. The Bertz CT molecular complexity index is 1190. The van der Waals surface area contributed by atoms with Crippen LogP contribution in [0.3, 0.4) is 0 Å². The average Bonchev–Trinajstić information content (AvgIpc) is 3.12. The van der Waals surface area contributed by atoms with E-state index in [0.717, 1.165) is 0 Å². The molecule has 168 valence electrons. The zero-order valence-corrected chi connectivity index (χ0v) is 18.6. The van der Waals surface area contributed by atoms with E-state index in [1.165, 1.54) is 30.9 Å². The number of aliphatic hydroxyl groups is 1. The van der Waals surface area contributed by atoms with Crippen molar-refractivity contribution in [3.8, 4) is 11.9 Å². The lowest BCUT2D eigenvalue weighted by atomic mass is 10.0. The number of halogens is 1. The van der Waals surface area contributed by atoms with Crippen molar-refractivity contribution < 1.29 is 14.3 Å². The summed E-state index contributed by atoms with van der Waals surface area (Å²) in [7, 11) is 0. The molecule has 0 aromatic carbocycles. The third-order valence-corrected chi connectivity index (χ3v) is 4.61. The zero-order valence-electron chi connectivity index (χ0n) is 18.6. The maximum absolute atomic E-state index is 14.1. The van der Waals surface area contributed by atoms with Crippen molar-refractivity contribution in [2.45, 2.75) is 51.9 Å². The van der Waals surface area contributed by atoms with Crippen LogP contribution in [0.1, 0.15) is 50.5 Å². The van der Waals surface area contributed by atoms with Crippen molar-refractivity contribution in [2.24, 2.45) is 0 Å². The first-order valence-electron chi connectivity index (χ1n) is 10.1. The molecule has 0 saturated carbocycles. The molecular weight excluding hydrogens is 413 g/mol. The SMILES string of the molecule is CC(C)(C)Nc1cc(-n2ncc3cc(C#N)cnc32)ncc1C(=O)NCC(F)C(C)(C)O. The number of fused-ring (bicyclic) bond motifs is 1. The number of carbonyl (C=O) groups is 1. The highest BCUT2D eigenvalue weighted by Crippen LogP contribution is 2.24. The number of carbonyl (C=O) groups excluding carboxylic acids is 1. The normalized spacial score (nSPS) is 12.9. The molecule has 3 heterocycles. The van der Waals surface area contributed by atoms with Gasteiger partial charge in [0.05, 0.1) is 35.2 Å². The minimum absolute atomic E-state index is 0.225. The minimum atomic E-state index is -1.63. The summed E-state index contributed by atoms with van der Waals surface area (Å²) in [5, 5.41) is 29.6. The third-order valence-electron chi connectivity index (χ3n) is 4.61. The van der Waals surface area contributed by atoms with Crippen LogP contribution in [0.15, 0.2) is 30.7 Å². The molecule has 10 heteroatoms. The number of nitrogens with one attached hydrogen (secondary N) is 2. The van der Waals surface area contributed by atoms with Crippen LogP contribution in [-0.2, 0) is 0 Å². The van der Waals surface area contributed by atoms with Gasteiger partial charge in [0.1, 0.15) is 12.2 Å². The molecule has 0 fully saturated rings. The summed E-state index contributed by atoms with van der Waals surface area (Å²) in [6.07, 6.45) is 2.79. The molecule has 1 amide bonds. The van der Waals surface area contributed by atoms with E-state index in [9.17, 15) is 14.3 Å². The summed E-state index contributed by atoms with van der Waals surface area (Å²) in [5.74, 6) is -0.106. The first kappa shape index (κ1) is 23.1. The van der Waals surface area contributed by atoms with Gasteiger partial charge >= 0.3 is 0 Å². The van der Waals surface area contributed by atoms with Crippen molar-refractivity contribution in [3.05, 3.63) is 41.9 Å². The predicted octanol–water partition coefficient (Wildman–Crippen LogP) is 2.74. The Kier molecular flexibility index (Phi) is 6.14. The Hall–Kier alpha value is -3.58. The monoisotopic (exact) mass is 439 g/mol. The first-order valence-corrected chi connectivity index (χ1v) is 10.1. The molecular formula is C22H26FN7O2. The van der Waals surface area contributed by atoms with Gasteiger partial charge in [-0.15, -0.1) is 0 Å². The summed E-state index contributed by atoms with van der Waals surface area (Å²) in [6.45, 7) is 8.16. The molecule has 9 nitrogen and oxygen atoms in total. The number of alkyl halides is 1. The molecule has 32 heavy (non-hydrogen) atoms. The molecule has 3 aromatic heterocycles. The van der Waals surface area contributed by atoms with Crippen LogP contribution in [0, 0.1) is 11.3 Å². The lowest BCUT2D eigenvalue weighted by Crippen LogP contribution is -2.42. The lowest BCUT2D eigenvalue weighted by molar-refractivity contribution is -0.00177. The largest absolute Gasteiger partial charge is 0.387 e. The fourth-order valence-corrected chi connectivity index (χ4v) is 2.93. The van der Waals surface area contributed by atoms with Gasteiger partial charge in [-0.05, 0) is 40.7 Å². The molecule has 3 aromatic rings. The number of nitrogens with zero attached hydrogens (tertiary/aromatic N) is 5. The highest BCUT2D eigenvalue weighted by Gasteiger charge is 2.27. The molecule has 0 spiro atoms. The fraction of sp³-hybridized carbons (Fsp3) is 0.409. The molecule has 1 unspecified atom stereocenters. The summed E-state index contributed by atoms with van der Waals surface area (Å²) in [6, 6.07) is 5.38. The van der Waals surface area contributed by atoms with E-state index in [2.05, 4.69) is 25.7 Å². The van der Waals surface area contributed by atoms with Crippen LogP contribution in [0.2, 0.25) is 0 Å². The number of nitriles is 1. The van der Waals surface area contributed by atoms with Crippen molar-refractivity contribution >= 4 is 22.6 Å². The van der Waals surface area contributed by atoms with E-state index in [0.29, 0.717) is 28.1 Å². The van der Waals surface area contributed by atoms with Gasteiger partial charge in [-0.3, -0.25) is 4.79 Å². The third kappa shape index (κ3) is 5.18. The first-order chi connectivity index (χ1) is 14.9. The van der Waals surface area contributed by atoms with Gasteiger partial charge in [0.15, 0.2) is 11.5 Å². The Morgan fingerprint density at radius 1 is 1.22 bits per heavy atom. The molecule has 0 bridgehead atoms. The average molecular weight is 439 g/mol. The van der Waals surface area contributed by atoms with Crippen molar-refractivity contribution in [1.29, 1.82) is 5.26 Å². The summed E-state index contributed by atoms with van der Waals surface area (Å²) in [5.41, 5.74) is -0.305. The number of amides is 1. The van der Waals surface area contributed by atoms with E-state index in [-0.39, 0.29) is 17.6 Å². The van der Waals surface area contributed by atoms with Crippen LogP contribution in [-0.4, -0.2) is 54.6 Å². The highest BCUT2D eigenvalue weighted by molar-refractivity contribution is 5.99. The van der Waals surface area contributed by atoms with Crippen LogP contribution in [0.5, 0.6) is 0 Å². The van der Waals surface area contributed by atoms with Gasteiger partial charge in [-0.2, -0.15) is 15.0 Å². The Morgan fingerprint density at radius 3 is 2.56 bits per heavy atom. The second-order valence-corrected chi connectivity index (χ2v) is 9.10. The van der Waals surface area contributed by atoms with E-state index < -0.39 is 17.7 Å². The summed E-state index contributed by atoms with van der Waals surface area (Å²) >= 11 is 0. The van der Waals surface area contributed by atoms with Crippen LogP contribution in [0.4, 0.5) is 10.1 Å². The molecule has 0 aliphatic heterocycles.